The van der Waals surface area contributed by atoms with Gasteiger partial charge in [-0.15, -0.1) is 0 Å². The van der Waals surface area contributed by atoms with E-state index in [4.69, 9.17) is 16.3 Å². The Morgan fingerprint density at radius 1 is 1.20 bits per heavy atom. The van der Waals surface area contributed by atoms with Crippen LogP contribution in [0, 0.1) is 0 Å². The number of hydrogen-bond acceptors (Lipinski definition) is 4. The molecule has 1 aromatic carbocycles. The highest BCUT2D eigenvalue weighted by Crippen LogP contribution is 2.16. The fraction of sp³-hybridized carbons (Fsp3) is 0.133. The lowest BCUT2D eigenvalue weighted by Crippen LogP contribution is -2.09. The van der Waals surface area contributed by atoms with Gasteiger partial charge in [-0.3, -0.25) is 14.6 Å². The molecule has 2 rings (SSSR count). The molecule has 0 aliphatic heterocycles. The van der Waals surface area contributed by atoms with Gasteiger partial charge in [0.05, 0.1) is 5.69 Å². The van der Waals surface area contributed by atoms with Gasteiger partial charge in [0.15, 0.2) is 5.78 Å². The molecule has 0 atom stereocenters. The SMILES string of the molecule is CC(=O)OCc1ncccc1C(=O)c1ccc(Cl)cc1. The molecular formula is C15H12ClNO3. The number of aromatic nitrogens is 1. The molecular weight excluding hydrogens is 278 g/mol. The van der Waals surface area contributed by atoms with Gasteiger partial charge in [0.25, 0.3) is 0 Å². The molecule has 0 saturated heterocycles. The van der Waals surface area contributed by atoms with Gasteiger partial charge in [0, 0.05) is 29.3 Å². The van der Waals surface area contributed by atoms with E-state index in [0.717, 1.165) is 0 Å². The first-order valence-corrected chi connectivity index (χ1v) is 6.33. The average molecular weight is 290 g/mol. The van der Waals surface area contributed by atoms with E-state index in [1.807, 2.05) is 0 Å². The molecule has 0 unspecified atom stereocenters. The average Bonchev–Trinajstić information content (AvgIpc) is 2.45. The number of hydrogen-bond donors (Lipinski definition) is 0. The van der Waals surface area contributed by atoms with Crippen LogP contribution in [-0.2, 0) is 16.1 Å². The van der Waals surface area contributed by atoms with Gasteiger partial charge in [-0.1, -0.05) is 11.6 Å². The van der Waals surface area contributed by atoms with Gasteiger partial charge in [-0.25, -0.2) is 0 Å². The monoisotopic (exact) mass is 289 g/mol. The Morgan fingerprint density at radius 3 is 2.55 bits per heavy atom. The van der Waals surface area contributed by atoms with E-state index in [2.05, 4.69) is 4.98 Å². The van der Waals surface area contributed by atoms with Crippen molar-refractivity contribution in [3.63, 3.8) is 0 Å². The molecule has 0 spiro atoms. The first kappa shape index (κ1) is 14.2. The highest BCUT2D eigenvalue weighted by atomic mass is 35.5. The van der Waals surface area contributed by atoms with E-state index in [-0.39, 0.29) is 12.4 Å². The number of carbonyl (C=O) groups is 2. The number of esters is 1. The summed E-state index contributed by atoms with van der Waals surface area (Å²) in [6.45, 7) is 1.29. The van der Waals surface area contributed by atoms with Crippen molar-refractivity contribution in [3.05, 3.63) is 64.4 Å². The van der Waals surface area contributed by atoms with Crippen LogP contribution in [0.5, 0.6) is 0 Å². The van der Waals surface area contributed by atoms with Gasteiger partial charge < -0.3 is 4.74 Å². The maximum absolute atomic E-state index is 12.4. The number of pyridine rings is 1. The van der Waals surface area contributed by atoms with Gasteiger partial charge in [0.1, 0.15) is 6.61 Å². The number of nitrogens with zero attached hydrogens (tertiary/aromatic N) is 1. The molecule has 1 aromatic heterocycles. The smallest absolute Gasteiger partial charge is 0.303 e. The zero-order valence-corrected chi connectivity index (χ0v) is 11.6. The Hall–Kier alpha value is -2.20. The number of carbonyl (C=O) groups excluding carboxylic acids is 2. The predicted molar refractivity (Wildman–Crippen MR) is 74.6 cm³/mol. The van der Waals surface area contributed by atoms with Crippen LogP contribution >= 0.6 is 11.6 Å². The fourth-order valence-electron chi connectivity index (χ4n) is 1.69. The van der Waals surface area contributed by atoms with E-state index < -0.39 is 5.97 Å². The second-order valence-corrected chi connectivity index (χ2v) is 4.55. The van der Waals surface area contributed by atoms with Gasteiger partial charge in [0.2, 0.25) is 0 Å². The third-order valence-electron chi connectivity index (χ3n) is 2.65. The minimum atomic E-state index is -0.416. The summed E-state index contributed by atoms with van der Waals surface area (Å²) in [5.74, 6) is -0.600. The molecule has 1 heterocycles. The summed E-state index contributed by atoms with van der Waals surface area (Å²) in [4.78, 5) is 27.3. The van der Waals surface area contributed by atoms with Crippen LogP contribution in [0.15, 0.2) is 42.6 Å². The van der Waals surface area contributed by atoms with Crippen LogP contribution in [-0.4, -0.2) is 16.7 Å². The number of halogens is 1. The van der Waals surface area contributed by atoms with E-state index in [1.54, 1.807) is 42.6 Å². The van der Waals surface area contributed by atoms with Crippen LogP contribution in [0.4, 0.5) is 0 Å². The summed E-state index contributed by atoms with van der Waals surface area (Å²) >= 11 is 5.80. The Bertz CT molecular complexity index is 638. The second kappa shape index (κ2) is 6.30. The summed E-state index contributed by atoms with van der Waals surface area (Å²) in [7, 11) is 0. The Morgan fingerprint density at radius 2 is 1.90 bits per heavy atom. The van der Waals surface area contributed by atoms with Crippen molar-refractivity contribution in [3.8, 4) is 0 Å². The number of rotatable bonds is 4. The summed E-state index contributed by atoms with van der Waals surface area (Å²) in [5, 5.41) is 0.563. The standard InChI is InChI=1S/C15H12ClNO3/c1-10(18)20-9-14-13(3-2-8-17-14)15(19)11-4-6-12(16)7-5-11/h2-8H,9H2,1H3. The van der Waals surface area contributed by atoms with Crippen molar-refractivity contribution in [2.45, 2.75) is 13.5 Å². The van der Waals surface area contributed by atoms with Crippen LogP contribution in [0.2, 0.25) is 5.02 Å². The minimum Gasteiger partial charge on any atom is -0.459 e. The first-order chi connectivity index (χ1) is 9.58. The van der Waals surface area contributed by atoms with Gasteiger partial charge in [-0.05, 0) is 36.4 Å². The highest BCUT2D eigenvalue weighted by Gasteiger charge is 2.15. The molecule has 20 heavy (non-hydrogen) atoms. The zero-order chi connectivity index (χ0) is 14.5. The van der Waals surface area contributed by atoms with Crippen molar-refractivity contribution in [1.82, 2.24) is 4.98 Å². The molecule has 0 N–H and O–H groups in total. The molecule has 0 saturated carbocycles. The first-order valence-electron chi connectivity index (χ1n) is 5.95. The molecule has 4 nitrogen and oxygen atoms in total. The van der Waals surface area contributed by atoms with Gasteiger partial charge in [-0.2, -0.15) is 0 Å². The third-order valence-corrected chi connectivity index (χ3v) is 2.91. The van der Waals surface area contributed by atoms with Crippen LogP contribution in [0.3, 0.4) is 0 Å². The zero-order valence-electron chi connectivity index (χ0n) is 10.8. The Balaban J connectivity index is 2.29. The molecule has 0 amide bonds. The Kier molecular flexibility index (Phi) is 4.48. The van der Waals surface area contributed by atoms with Crippen LogP contribution in [0.1, 0.15) is 28.5 Å². The molecule has 0 aliphatic rings. The maximum atomic E-state index is 12.4. The van der Waals surface area contributed by atoms with E-state index in [0.29, 0.717) is 21.8 Å². The quantitative estimate of drug-likeness (QED) is 0.641. The molecule has 5 heteroatoms. The topological polar surface area (TPSA) is 56.3 Å². The lowest BCUT2D eigenvalue weighted by atomic mass is 10.0. The third kappa shape index (κ3) is 3.42. The summed E-state index contributed by atoms with van der Waals surface area (Å²) in [6, 6.07) is 9.91. The number of ketones is 1. The summed E-state index contributed by atoms with van der Waals surface area (Å²) in [5.41, 5.74) is 1.35. The molecule has 0 fully saturated rings. The van der Waals surface area contributed by atoms with Gasteiger partial charge >= 0.3 is 5.97 Å². The number of ether oxygens (including phenoxy) is 1. The van der Waals surface area contributed by atoms with Crippen molar-refractivity contribution in [2.75, 3.05) is 0 Å². The normalized spacial score (nSPS) is 10.1. The minimum absolute atomic E-state index is 0.0230. The molecule has 102 valence electrons. The predicted octanol–water partition coefficient (Wildman–Crippen LogP) is 3.03. The van der Waals surface area contributed by atoms with Crippen LogP contribution in [0.25, 0.3) is 0 Å². The number of benzene rings is 1. The summed E-state index contributed by atoms with van der Waals surface area (Å²) < 4.78 is 4.90. The molecule has 0 aliphatic carbocycles. The van der Waals surface area contributed by atoms with Crippen molar-refractivity contribution in [1.29, 1.82) is 0 Å². The maximum Gasteiger partial charge on any atom is 0.303 e. The van der Waals surface area contributed by atoms with Crippen molar-refractivity contribution in [2.24, 2.45) is 0 Å². The molecule has 0 radical (unpaired) electrons. The molecule has 0 bridgehead atoms. The lowest BCUT2D eigenvalue weighted by molar-refractivity contribution is -0.142. The van der Waals surface area contributed by atoms with Crippen molar-refractivity contribution < 1.29 is 14.3 Å². The van der Waals surface area contributed by atoms with Crippen LogP contribution < -0.4 is 0 Å². The largest absolute Gasteiger partial charge is 0.459 e. The van der Waals surface area contributed by atoms with E-state index in [9.17, 15) is 9.59 Å². The highest BCUT2D eigenvalue weighted by molar-refractivity contribution is 6.30. The van der Waals surface area contributed by atoms with E-state index >= 15 is 0 Å². The van der Waals surface area contributed by atoms with Crippen molar-refractivity contribution >= 4 is 23.4 Å². The fourth-order valence-corrected chi connectivity index (χ4v) is 1.81. The summed E-state index contributed by atoms with van der Waals surface area (Å²) in [6.07, 6.45) is 1.55. The Labute approximate surface area is 121 Å². The van der Waals surface area contributed by atoms with E-state index in [1.165, 1.54) is 6.92 Å². The molecule has 2 aromatic rings. The lowest BCUT2D eigenvalue weighted by Gasteiger charge is -2.07. The second-order valence-electron chi connectivity index (χ2n) is 4.11.